The second kappa shape index (κ2) is 8.49. The Morgan fingerprint density at radius 1 is 1.09 bits per heavy atom. The Hall–Kier alpha value is -3.02. The molecule has 1 saturated heterocycles. The molecule has 2 amide bonds. The highest BCUT2D eigenvalue weighted by molar-refractivity contribution is 6.07. The van der Waals surface area contributed by atoms with E-state index in [9.17, 15) is 9.59 Å². The predicted octanol–water partition coefficient (Wildman–Crippen LogP) is 4.07. The van der Waals surface area contributed by atoms with Gasteiger partial charge >= 0.3 is 0 Å². The monoisotopic (exact) mass is 434 g/mol. The second-order valence-corrected chi connectivity index (χ2v) is 9.15. The molecular formula is C26H30N2O4. The summed E-state index contributed by atoms with van der Waals surface area (Å²) in [4.78, 5) is 27.8. The van der Waals surface area contributed by atoms with Gasteiger partial charge in [-0.2, -0.15) is 0 Å². The van der Waals surface area contributed by atoms with Crippen LogP contribution in [0, 0.1) is 0 Å². The molecule has 3 aliphatic rings. The van der Waals surface area contributed by atoms with Crippen molar-refractivity contribution >= 4 is 17.5 Å². The number of ether oxygens (including phenoxy) is 2. The first-order valence-corrected chi connectivity index (χ1v) is 11.6. The van der Waals surface area contributed by atoms with Crippen molar-refractivity contribution in [3.05, 3.63) is 53.6 Å². The van der Waals surface area contributed by atoms with Crippen molar-refractivity contribution in [3.63, 3.8) is 0 Å². The minimum Gasteiger partial charge on any atom is -0.493 e. The molecule has 6 heteroatoms. The maximum absolute atomic E-state index is 13.1. The number of benzene rings is 2. The standard InChI is InChI=1S/C26H30N2O4/c1-31-22-16-20-21(17-23(22)32-19-9-5-6-10-19)27-25(30)26(20)11-13-28(14-12-26)24(29)15-18-7-3-2-4-8-18/h2-4,7-8,16-17,19H,5-6,9-15H2,1H3,(H,27,30). The predicted molar refractivity (Wildman–Crippen MR) is 122 cm³/mol. The molecule has 2 fully saturated rings. The van der Waals surface area contributed by atoms with Gasteiger partial charge in [-0.1, -0.05) is 30.3 Å². The number of methoxy groups -OCH3 is 1. The Kier molecular flexibility index (Phi) is 5.53. The molecule has 2 aliphatic heterocycles. The Morgan fingerprint density at radius 3 is 2.50 bits per heavy atom. The lowest BCUT2D eigenvalue weighted by molar-refractivity contribution is -0.134. The van der Waals surface area contributed by atoms with Crippen LogP contribution in [-0.4, -0.2) is 43.0 Å². The summed E-state index contributed by atoms with van der Waals surface area (Å²) in [5, 5.41) is 3.08. The van der Waals surface area contributed by atoms with E-state index in [2.05, 4.69) is 5.32 Å². The number of nitrogens with one attached hydrogen (secondary N) is 1. The minimum absolute atomic E-state index is 0.0164. The molecule has 0 radical (unpaired) electrons. The van der Waals surface area contributed by atoms with Crippen LogP contribution >= 0.6 is 0 Å². The van der Waals surface area contributed by atoms with Crippen molar-refractivity contribution in [1.29, 1.82) is 0 Å². The number of rotatable bonds is 5. The third-order valence-corrected chi connectivity index (χ3v) is 7.27. The normalized spacial score (nSPS) is 19.7. The van der Waals surface area contributed by atoms with Crippen molar-refractivity contribution in [2.75, 3.05) is 25.5 Å². The van der Waals surface area contributed by atoms with E-state index in [4.69, 9.17) is 9.47 Å². The quantitative estimate of drug-likeness (QED) is 0.770. The number of carbonyl (C=O) groups is 2. The lowest BCUT2D eigenvalue weighted by Gasteiger charge is -2.38. The molecule has 168 valence electrons. The maximum atomic E-state index is 13.1. The first-order valence-electron chi connectivity index (χ1n) is 11.6. The highest BCUT2D eigenvalue weighted by Gasteiger charge is 2.49. The largest absolute Gasteiger partial charge is 0.493 e. The lowest BCUT2D eigenvalue weighted by atomic mass is 9.73. The molecule has 1 spiro atoms. The van der Waals surface area contributed by atoms with Crippen LogP contribution in [0.4, 0.5) is 5.69 Å². The summed E-state index contributed by atoms with van der Waals surface area (Å²) >= 11 is 0. The smallest absolute Gasteiger partial charge is 0.235 e. The van der Waals surface area contributed by atoms with Crippen LogP contribution in [0.2, 0.25) is 0 Å². The van der Waals surface area contributed by atoms with Gasteiger partial charge < -0.3 is 19.7 Å². The molecule has 1 aliphatic carbocycles. The van der Waals surface area contributed by atoms with Crippen molar-refractivity contribution in [2.24, 2.45) is 0 Å². The minimum atomic E-state index is -0.613. The van der Waals surface area contributed by atoms with E-state index in [0.717, 1.165) is 29.7 Å². The van der Waals surface area contributed by atoms with Crippen LogP contribution in [-0.2, 0) is 21.4 Å². The average molecular weight is 435 g/mol. The number of nitrogens with zero attached hydrogens (tertiary/aromatic N) is 1. The zero-order chi connectivity index (χ0) is 22.1. The van der Waals surface area contributed by atoms with Gasteiger partial charge in [-0.25, -0.2) is 0 Å². The van der Waals surface area contributed by atoms with Gasteiger partial charge in [0.05, 0.1) is 25.0 Å². The number of hydrogen-bond acceptors (Lipinski definition) is 4. The number of amides is 2. The van der Waals surface area contributed by atoms with Crippen LogP contribution in [0.3, 0.4) is 0 Å². The summed E-state index contributed by atoms with van der Waals surface area (Å²) in [6, 6.07) is 13.7. The summed E-state index contributed by atoms with van der Waals surface area (Å²) in [5.74, 6) is 1.50. The number of likely N-dealkylation sites (tertiary alicyclic amines) is 1. The number of piperidine rings is 1. The van der Waals surface area contributed by atoms with Crippen molar-refractivity contribution in [2.45, 2.75) is 56.5 Å². The summed E-state index contributed by atoms with van der Waals surface area (Å²) in [5.41, 5.74) is 2.18. The summed E-state index contributed by atoms with van der Waals surface area (Å²) in [7, 11) is 1.64. The Labute approximate surface area is 188 Å². The van der Waals surface area contributed by atoms with Gasteiger partial charge in [0, 0.05) is 24.8 Å². The van der Waals surface area contributed by atoms with E-state index in [1.54, 1.807) is 7.11 Å². The molecule has 0 unspecified atom stereocenters. The Balaban J connectivity index is 1.33. The van der Waals surface area contributed by atoms with E-state index in [1.807, 2.05) is 47.4 Å². The fourth-order valence-corrected chi connectivity index (χ4v) is 5.38. The Bertz CT molecular complexity index is 1010. The molecule has 0 aromatic heterocycles. The summed E-state index contributed by atoms with van der Waals surface area (Å²) in [6.07, 6.45) is 6.33. The Morgan fingerprint density at radius 2 is 1.81 bits per heavy atom. The van der Waals surface area contributed by atoms with Gasteiger partial charge in [-0.15, -0.1) is 0 Å². The van der Waals surface area contributed by atoms with Gasteiger partial charge in [-0.3, -0.25) is 9.59 Å². The zero-order valence-electron chi connectivity index (χ0n) is 18.6. The van der Waals surface area contributed by atoms with E-state index in [1.165, 1.54) is 12.8 Å². The van der Waals surface area contributed by atoms with Crippen LogP contribution < -0.4 is 14.8 Å². The van der Waals surface area contributed by atoms with Crippen LogP contribution in [0.5, 0.6) is 11.5 Å². The van der Waals surface area contributed by atoms with Crippen LogP contribution in [0.1, 0.15) is 49.7 Å². The van der Waals surface area contributed by atoms with E-state index in [0.29, 0.717) is 43.9 Å². The lowest BCUT2D eigenvalue weighted by Crippen LogP contribution is -2.48. The molecule has 5 rings (SSSR count). The highest BCUT2D eigenvalue weighted by Crippen LogP contribution is 2.49. The van der Waals surface area contributed by atoms with Gasteiger partial charge in [0.1, 0.15) is 0 Å². The van der Waals surface area contributed by atoms with E-state index < -0.39 is 5.41 Å². The van der Waals surface area contributed by atoms with Crippen molar-refractivity contribution in [1.82, 2.24) is 4.90 Å². The molecule has 6 nitrogen and oxygen atoms in total. The SMILES string of the molecule is COc1cc2c(cc1OC1CCCC1)NC(=O)C21CCN(C(=O)Cc2ccccc2)CC1. The zero-order valence-corrected chi connectivity index (χ0v) is 18.6. The number of hydrogen-bond donors (Lipinski definition) is 1. The molecule has 2 heterocycles. The number of fused-ring (bicyclic) bond motifs is 2. The maximum Gasteiger partial charge on any atom is 0.235 e. The number of anilines is 1. The van der Waals surface area contributed by atoms with E-state index in [-0.39, 0.29) is 17.9 Å². The topological polar surface area (TPSA) is 67.9 Å². The van der Waals surface area contributed by atoms with Gasteiger partial charge in [-0.05, 0) is 55.7 Å². The fraction of sp³-hybridized carbons (Fsp3) is 0.462. The molecule has 0 atom stereocenters. The van der Waals surface area contributed by atoms with E-state index >= 15 is 0 Å². The van der Waals surface area contributed by atoms with Crippen LogP contribution in [0.15, 0.2) is 42.5 Å². The third kappa shape index (κ3) is 3.72. The van der Waals surface area contributed by atoms with Gasteiger partial charge in [0.25, 0.3) is 0 Å². The van der Waals surface area contributed by atoms with Crippen molar-refractivity contribution in [3.8, 4) is 11.5 Å². The average Bonchev–Trinajstić information content (AvgIpc) is 3.41. The third-order valence-electron chi connectivity index (χ3n) is 7.27. The summed E-state index contributed by atoms with van der Waals surface area (Å²) < 4.78 is 11.9. The molecule has 2 aromatic rings. The van der Waals surface area contributed by atoms with Gasteiger partial charge in [0.2, 0.25) is 11.8 Å². The molecule has 1 saturated carbocycles. The van der Waals surface area contributed by atoms with Crippen LogP contribution in [0.25, 0.3) is 0 Å². The van der Waals surface area contributed by atoms with Crippen molar-refractivity contribution < 1.29 is 19.1 Å². The first-order chi connectivity index (χ1) is 15.6. The summed E-state index contributed by atoms with van der Waals surface area (Å²) in [6.45, 7) is 1.14. The second-order valence-electron chi connectivity index (χ2n) is 9.15. The molecular weight excluding hydrogens is 404 g/mol. The highest BCUT2D eigenvalue weighted by atomic mass is 16.5. The van der Waals surface area contributed by atoms with Gasteiger partial charge in [0.15, 0.2) is 11.5 Å². The molecule has 1 N–H and O–H groups in total. The molecule has 32 heavy (non-hydrogen) atoms. The fourth-order valence-electron chi connectivity index (χ4n) is 5.38. The first kappa shape index (κ1) is 20.9. The molecule has 0 bridgehead atoms. The number of carbonyl (C=O) groups excluding carboxylic acids is 2. The molecule has 2 aromatic carbocycles.